The molecule has 0 aromatic carbocycles. The second-order valence-corrected chi connectivity index (χ2v) is 2.23. The number of nitrogens with one attached hydrogen (secondary N) is 1. The van der Waals surface area contributed by atoms with Crippen molar-refractivity contribution in [2.75, 3.05) is 0 Å². The molecule has 8 heavy (non-hydrogen) atoms. The van der Waals surface area contributed by atoms with E-state index in [-0.39, 0.29) is 5.37 Å². The highest BCUT2D eigenvalue weighted by Crippen LogP contribution is 1.98. The lowest BCUT2D eigenvalue weighted by molar-refractivity contribution is 0.937. The largest absolute Gasteiger partial charge is 0.376 e. The zero-order valence-electron chi connectivity index (χ0n) is 4.54. The van der Waals surface area contributed by atoms with E-state index < -0.39 is 0 Å². The minimum atomic E-state index is 0.203. The molecule has 0 spiro atoms. The fourth-order valence-corrected chi connectivity index (χ4v) is 0.784. The summed E-state index contributed by atoms with van der Waals surface area (Å²) >= 11 is 4.18. The second-order valence-electron chi connectivity index (χ2n) is 1.68. The van der Waals surface area contributed by atoms with Crippen molar-refractivity contribution in [2.45, 2.75) is 11.8 Å². The Balaban J connectivity index is 2.48. The second kappa shape index (κ2) is 2.82. The van der Waals surface area contributed by atoms with Crippen molar-refractivity contribution in [3.63, 3.8) is 0 Å². The molecule has 1 N–H and O–H groups in total. The zero-order chi connectivity index (χ0) is 5.82. The van der Waals surface area contributed by atoms with Gasteiger partial charge in [0.1, 0.15) is 0 Å². The van der Waals surface area contributed by atoms with Crippen molar-refractivity contribution in [3.05, 3.63) is 24.4 Å². The molecule has 0 saturated carbocycles. The number of rotatable bonds is 0. The molecule has 1 atom stereocenters. The molecule has 0 aromatic rings. The van der Waals surface area contributed by atoms with Crippen molar-refractivity contribution < 1.29 is 0 Å². The highest BCUT2D eigenvalue weighted by atomic mass is 32.1. The first-order chi connectivity index (χ1) is 3.89. The van der Waals surface area contributed by atoms with Gasteiger partial charge in [-0.15, -0.1) is 0 Å². The molecular formula is C6H9NS. The molecular weight excluding hydrogens is 118 g/mol. The molecule has 1 heterocycles. The molecule has 2 heteroatoms. The average molecular weight is 127 g/mol. The Hall–Kier alpha value is -0.370. The van der Waals surface area contributed by atoms with Gasteiger partial charge in [0.15, 0.2) is 0 Å². The standard InChI is InChI=1S/C6H9NS/c8-6-4-2-1-3-5-7-6/h2-8H,1H2. The van der Waals surface area contributed by atoms with Crippen LogP contribution in [0.1, 0.15) is 6.42 Å². The summed E-state index contributed by atoms with van der Waals surface area (Å²) in [5.74, 6) is 0. The van der Waals surface area contributed by atoms with Gasteiger partial charge in [-0.1, -0.05) is 18.2 Å². The topological polar surface area (TPSA) is 12.0 Å². The summed E-state index contributed by atoms with van der Waals surface area (Å²) in [7, 11) is 0. The molecule has 1 rings (SSSR count). The van der Waals surface area contributed by atoms with Crippen LogP contribution in [0.3, 0.4) is 0 Å². The van der Waals surface area contributed by atoms with Crippen LogP contribution in [0.25, 0.3) is 0 Å². The summed E-state index contributed by atoms with van der Waals surface area (Å²) in [5, 5.41) is 3.24. The van der Waals surface area contributed by atoms with Crippen LogP contribution in [-0.4, -0.2) is 5.37 Å². The summed E-state index contributed by atoms with van der Waals surface area (Å²) in [6.45, 7) is 0. The van der Waals surface area contributed by atoms with Crippen LogP contribution in [0, 0.1) is 0 Å². The Morgan fingerprint density at radius 2 is 2.38 bits per heavy atom. The Morgan fingerprint density at radius 3 is 3.25 bits per heavy atom. The molecule has 1 unspecified atom stereocenters. The van der Waals surface area contributed by atoms with E-state index in [1.54, 1.807) is 0 Å². The molecule has 0 fully saturated rings. The van der Waals surface area contributed by atoms with Crippen LogP contribution >= 0.6 is 12.6 Å². The van der Waals surface area contributed by atoms with Gasteiger partial charge in [-0.2, -0.15) is 12.6 Å². The molecule has 44 valence electrons. The van der Waals surface area contributed by atoms with Crippen LogP contribution in [-0.2, 0) is 0 Å². The Bertz CT molecular complexity index is 118. The number of hydrogen-bond donors (Lipinski definition) is 2. The van der Waals surface area contributed by atoms with E-state index >= 15 is 0 Å². The lowest BCUT2D eigenvalue weighted by atomic mass is 10.4. The third kappa shape index (κ3) is 1.62. The van der Waals surface area contributed by atoms with E-state index in [1.807, 2.05) is 12.3 Å². The zero-order valence-corrected chi connectivity index (χ0v) is 5.44. The van der Waals surface area contributed by atoms with Gasteiger partial charge in [0.2, 0.25) is 0 Å². The minimum Gasteiger partial charge on any atom is -0.376 e. The normalized spacial score (nSPS) is 26.9. The third-order valence-electron chi connectivity index (χ3n) is 0.975. The third-order valence-corrected chi connectivity index (χ3v) is 1.30. The predicted molar refractivity (Wildman–Crippen MR) is 38.8 cm³/mol. The Morgan fingerprint density at radius 1 is 1.50 bits per heavy atom. The predicted octanol–water partition coefficient (Wildman–Crippen LogP) is 1.31. The summed E-state index contributed by atoms with van der Waals surface area (Å²) in [4.78, 5) is 0. The van der Waals surface area contributed by atoms with E-state index in [9.17, 15) is 0 Å². The van der Waals surface area contributed by atoms with Crippen LogP contribution < -0.4 is 5.32 Å². The average Bonchev–Trinajstić information content (AvgIpc) is 1.94. The van der Waals surface area contributed by atoms with Gasteiger partial charge in [-0.05, 0) is 12.6 Å². The monoisotopic (exact) mass is 127 g/mol. The van der Waals surface area contributed by atoms with Gasteiger partial charge in [0, 0.05) is 0 Å². The number of thiol groups is 1. The molecule has 0 bridgehead atoms. The van der Waals surface area contributed by atoms with Gasteiger partial charge in [0.05, 0.1) is 5.37 Å². The molecule has 1 aliphatic heterocycles. The maximum absolute atomic E-state index is 4.18. The smallest absolute Gasteiger partial charge is 0.0875 e. The van der Waals surface area contributed by atoms with Gasteiger partial charge < -0.3 is 5.32 Å². The first kappa shape index (κ1) is 5.76. The molecule has 0 amide bonds. The maximum Gasteiger partial charge on any atom is 0.0875 e. The van der Waals surface area contributed by atoms with E-state index in [0.717, 1.165) is 6.42 Å². The fourth-order valence-electron chi connectivity index (χ4n) is 0.576. The van der Waals surface area contributed by atoms with E-state index in [1.165, 1.54) is 0 Å². The maximum atomic E-state index is 4.18. The molecule has 0 aliphatic carbocycles. The van der Waals surface area contributed by atoms with Gasteiger partial charge in [-0.3, -0.25) is 0 Å². The number of hydrogen-bond acceptors (Lipinski definition) is 2. The van der Waals surface area contributed by atoms with E-state index in [2.05, 4.69) is 30.1 Å². The van der Waals surface area contributed by atoms with Crippen molar-refractivity contribution >= 4 is 12.6 Å². The highest BCUT2D eigenvalue weighted by molar-refractivity contribution is 7.81. The Labute approximate surface area is 54.9 Å². The van der Waals surface area contributed by atoms with Crippen molar-refractivity contribution in [3.8, 4) is 0 Å². The van der Waals surface area contributed by atoms with Gasteiger partial charge >= 0.3 is 0 Å². The first-order valence-electron chi connectivity index (χ1n) is 2.65. The summed E-state index contributed by atoms with van der Waals surface area (Å²) < 4.78 is 0. The van der Waals surface area contributed by atoms with E-state index in [4.69, 9.17) is 0 Å². The summed E-state index contributed by atoms with van der Waals surface area (Å²) in [6.07, 6.45) is 9.13. The quantitative estimate of drug-likeness (QED) is 0.369. The lowest BCUT2D eigenvalue weighted by Gasteiger charge is -2.00. The van der Waals surface area contributed by atoms with Gasteiger partial charge in [0.25, 0.3) is 0 Å². The first-order valence-corrected chi connectivity index (χ1v) is 3.17. The molecule has 0 saturated heterocycles. The minimum absolute atomic E-state index is 0.203. The van der Waals surface area contributed by atoms with Gasteiger partial charge in [-0.25, -0.2) is 0 Å². The molecule has 0 aromatic heterocycles. The van der Waals surface area contributed by atoms with Crippen LogP contribution in [0.5, 0.6) is 0 Å². The van der Waals surface area contributed by atoms with Crippen LogP contribution in [0.4, 0.5) is 0 Å². The van der Waals surface area contributed by atoms with E-state index in [0.29, 0.717) is 0 Å². The fraction of sp³-hybridized carbons (Fsp3) is 0.333. The van der Waals surface area contributed by atoms with Crippen LogP contribution in [0.15, 0.2) is 24.4 Å². The van der Waals surface area contributed by atoms with Crippen molar-refractivity contribution in [2.24, 2.45) is 0 Å². The SMILES string of the molecule is SC1C=CCC=CN1. The summed E-state index contributed by atoms with van der Waals surface area (Å²) in [6, 6.07) is 0. The lowest BCUT2D eigenvalue weighted by Crippen LogP contribution is -2.12. The molecule has 1 aliphatic rings. The molecule has 0 radical (unpaired) electrons. The van der Waals surface area contributed by atoms with Crippen LogP contribution in [0.2, 0.25) is 0 Å². The van der Waals surface area contributed by atoms with Crippen molar-refractivity contribution in [1.29, 1.82) is 0 Å². The molecule has 1 nitrogen and oxygen atoms in total. The van der Waals surface area contributed by atoms with Crippen molar-refractivity contribution in [1.82, 2.24) is 5.32 Å². The highest BCUT2D eigenvalue weighted by Gasteiger charge is 1.91. The summed E-state index contributed by atoms with van der Waals surface area (Å²) in [5.41, 5.74) is 0. The Kier molecular flexibility index (Phi) is 2.03. The number of allylic oxidation sites excluding steroid dienone is 2.